The summed E-state index contributed by atoms with van der Waals surface area (Å²) in [6, 6.07) is 4.66. The van der Waals surface area contributed by atoms with Crippen LogP contribution < -0.4 is 4.31 Å². The molecular formula is C10H13N3O3S. The molecule has 0 saturated heterocycles. The molecule has 92 valence electrons. The molecule has 0 atom stereocenters. The Bertz CT molecular complexity index is 627. The second kappa shape index (κ2) is 3.92. The van der Waals surface area contributed by atoms with Crippen LogP contribution in [0.4, 0.5) is 5.82 Å². The Hall–Kier alpha value is -1.76. The van der Waals surface area contributed by atoms with Crippen molar-refractivity contribution in [3.8, 4) is 0 Å². The summed E-state index contributed by atoms with van der Waals surface area (Å²) in [6.45, 7) is 1.69. The molecule has 7 heteroatoms. The minimum absolute atomic E-state index is 0.0804. The second-order valence-corrected chi connectivity index (χ2v) is 5.59. The summed E-state index contributed by atoms with van der Waals surface area (Å²) >= 11 is 0. The van der Waals surface area contributed by atoms with E-state index in [2.05, 4.69) is 5.10 Å². The highest BCUT2D eigenvalue weighted by atomic mass is 32.2. The van der Waals surface area contributed by atoms with Crippen molar-refractivity contribution in [2.45, 2.75) is 12.0 Å². The summed E-state index contributed by atoms with van der Waals surface area (Å²) in [6.07, 6.45) is 1.68. The Morgan fingerprint density at radius 1 is 1.35 bits per heavy atom. The number of nitrogens with zero attached hydrogens (tertiary/aromatic N) is 3. The lowest BCUT2D eigenvalue weighted by atomic mass is 10.5. The van der Waals surface area contributed by atoms with Crippen molar-refractivity contribution in [3.05, 3.63) is 30.2 Å². The summed E-state index contributed by atoms with van der Waals surface area (Å²) in [5.74, 6) is 0.902. The van der Waals surface area contributed by atoms with E-state index in [1.54, 1.807) is 32.3 Å². The number of hydrogen-bond acceptors (Lipinski definition) is 4. The number of aromatic nitrogens is 2. The molecule has 6 nitrogen and oxygen atoms in total. The van der Waals surface area contributed by atoms with E-state index < -0.39 is 10.0 Å². The molecular weight excluding hydrogens is 242 g/mol. The van der Waals surface area contributed by atoms with Crippen molar-refractivity contribution in [2.75, 3.05) is 11.4 Å². The van der Waals surface area contributed by atoms with Crippen LogP contribution in [0.15, 0.2) is 33.9 Å². The Kier molecular flexibility index (Phi) is 2.70. The molecule has 0 amide bonds. The van der Waals surface area contributed by atoms with Crippen LogP contribution in [-0.4, -0.2) is 25.2 Å². The molecule has 17 heavy (non-hydrogen) atoms. The van der Waals surface area contributed by atoms with Gasteiger partial charge >= 0.3 is 0 Å². The molecule has 2 rings (SSSR count). The molecule has 0 spiro atoms. The van der Waals surface area contributed by atoms with E-state index in [0.717, 1.165) is 4.31 Å². The van der Waals surface area contributed by atoms with Crippen LogP contribution in [0.25, 0.3) is 0 Å². The number of rotatable bonds is 3. The van der Waals surface area contributed by atoms with Gasteiger partial charge in [0.15, 0.2) is 5.82 Å². The molecule has 0 unspecified atom stereocenters. The van der Waals surface area contributed by atoms with E-state index in [-0.39, 0.29) is 5.09 Å². The van der Waals surface area contributed by atoms with Gasteiger partial charge in [0, 0.05) is 26.4 Å². The average molecular weight is 255 g/mol. The first kappa shape index (κ1) is 11.7. The van der Waals surface area contributed by atoms with Gasteiger partial charge in [-0.25, -0.2) is 4.31 Å². The van der Waals surface area contributed by atoms with Gasteiger partial charge < -0.3 is 4.42 Å². The van der Waals surface area contributed by atoms with Crippen molar-refractivity contribution >= 4 is 15.8 Å². The van der Waals surface area contributed by atoms with Crippen molar-refractivity contribution in [1.29, 1.82) is 0 Å². The first-order chi connectivity index (χ1) is 7.91. The van der Waals surface area contributed by atoms with Gasteiger partial charge in [0.1, 0.15) is 5.76 Å². The van der Waals surface area contributed by atoms with Crippen LogP contribution in [0, 0.1) is 6.92 Å². The third-order valence-electron chi connectivity index (χ3n) is 2.35. The molecule has 0 aliphatic rings. The third kappa shape index (κ3) is 2.05. The van der Waals surface area contributed by atoms with E-state index in [9.17, 15) is 8.42 Å². The van der Waals surface area contributed by atoms with Crippen LogP contribution in [0.3, 0.4) is 0 Å². The highest BCUT2D eigenvalue weighted by Crippen LogP contribution is 2.21. The zero-order chi connectivity index (χ0) is 12.6. The fourth-order valence-electron chi connectivity index (χ4n) is 1.38. The van der Waals surface area contributed by atoms with E-state index >= 15 is 0 Å². The lowest BCUT2D eigenvalue weighted by Gasteiger charge is -2.14. The van der Waals surface area contributed by atoms with Crippen molar-refractivity contribution in [2.24, 2.45) is 7.05 Å². The zero-order valence-electron chi connectivity index (χ0n) is 9.78. The van der Waals surface area contributed by atoms with Gasteiger partial charge in [-0.05, 0) is 19.1 Å². The Balaban J connectivity index is 2.39. The molecule has 2 heterocycles. The SMILES string of the molecule is Cc1ccc(S(=O)(=O)N(C)c2ccn(C)n2)o1. The van der Waals surface area contributed by atoms with Crippen molar-refractivity contribution in [1.82, 2.24) is 9.78 Å². The Labute approximate surface area is 99.5 Å². The standard InChI is InChI=1S/C10H13N3O3S/c1-8-4-5-10(16-8)17(14,15)13(3)9-6-7-12(2)11-9/h4-7H,1-3H3. The molecule has 0 radical (unpaired) electrons. The van der Waals surface area contributed by atoms with Gasteiger partial charge in [0.2, 0.25) is 5.09 Å². The van der Waals surface area contributed by atoms with Crippen LogP contribution in [-0.2, 0) is 17.1 Å². The van der Waals surface area contributed by atoms with Crippen molar-refractivity contribution < 1.29 is 12.8 Å². The summed E-state index contributed by atoms with van der Waals surface area (Å²) in [4.78, 5) is 0. The number of furan rings is 1. The number of hydrogen-bond donors (Lipinski definition) is 0. The highest BCUT2D eigenvalue weighted by Gasteiger charge is 2.25. The smallest absolute Gasteiger partial charge is 0.298 e. The van der Waals surface area contributed by atoms with Crippen LogP contribution in [0.1, 0.15) is 5.76 Å². The van der Waals surface area contributed by atoms with Gasteiger partial charge in [0.05, 0.1) is 0 Å². The quantitative estimate of drug-likeness (QED) is 0.825. The molecule has 0 fully saturated rings. The largest absolute Gasteiger partial charge is 0.448 e. The Morgan fingerprint density at radius 3 is 2.53 bits per heavy atom. The first-order valence-electron chi connectivity index (χ1n) is 4.96. The third-order valence-corrected chi connectivity index (χ3v) is 3.99. The molecule has 0 aliphatic heterocycles. The van der Waals surface area contributed by atoms with Gasteiger partial charge in [-0.1, -0.05) is 0 Å². The van der Waals surface area contributed by atoms with Crippen molar-refractivity contribution in [3.63, 3.8) is 0 Å². The maximum Gasteiger partial charge on any atom is 0.298 e. The van der Waals surface area contributed by atoms with Gasteiger partial charge in [-0.2, -0.15) is 13.5 Å². The molecule has 2 aromatic heterocycles. The van der Waals surface area contributed by atoms with Gasteiger partial charge in [-0.15, -0.1) is 0 Å². The summed E-state index contributed by atoms with van der Waals surface area (Å²) in [5, 5.41) is 3.95. The van der Waals surface area contributed by atoms with Gasteiger partial charge in [0.25, 0.3) is 10.0 Å². The topological polar surface area (TPSA) is 68.3 Å². The molecule has 0 bridgehead atoms. The highest BCUT2D eigenvalue weighted by molar-refractivity contribution is 7.92. The second-order valence-electron chi connectivity index (χ2n) is 3.69. The Morgan fingerprint density at radius 2 is 2.06 bits per heavy atom. The van der Waals surface area contributed by atoms with E-state index in [1.165, 1.54) is 17.8 Å². The molecule has 0 saturated carbocycles. The molecule has 2 aromatic rings. The fraction of sp³-hybridized carbons (Fsp3) is 0.300. The number of sulfonamides is 1. The molecule has 0 aromatic carbocycles. The van der Waals surface area contributed by atoms with Crippen LogP contribution in [0.2, 0.25) is 0 Å². The predicted octanol–water partition coefficient (Wildman–Crippen LogP) is 1.15. The first-order valence-corrected chi connectivity index (χ1v) is 6.40. The lowest BCUT2D eigenvalue weighted by molar-refractivity contribution is 0.428. The van der Waals surface area contributed by atoms with E-state index in [1.807, 2.05) is 0 Å². The van der Waals surface area contributed by atoms with E-state index in [0.29, 0.717) is 11.6 Å². The van der Waals surface area contributed by atoms with Crippen LogP contribution in [0.5, 0.6) is 0 Å². The molecule has 0 N–H and O–H groups in total. The van der Waals surface area contributed by atoms with E-state index in [4.69, 9.17) is 4.42 Å². The fourth-order valence-corrected chi connectivity index (χ4v) is 2.47. The molecule has 0 aliphatic carbocycles. The number of anilines is 1. The maximum atomic E-state index is 12.1. The zero-order valence-corrected chi connectivity index (χ0v) is 10.6. The van der Waals surface area contributed by atoms with Gasteiger partial charge in [-0.3, -0.25) is 4.68 Å². The minimum atomic E-state index is -3.67. The normalized spacial score (nSPS) is 11.7. The summed E-state index contributed by atoms with van der Waals surface area (Å²) < 4.78 is 32.0. The van der Waals surface area contributed by atoms with Crippen LogP contribution >= 0.6 is 0 Å². The summed E-state index contributed by atoms with van der Waals surface area (Å²) in [5.41, 5.74) is 0. The number of aryl methyl sites for hydroxylation is 2. The minimum Gasteiger partial charge on any atom is -0.448 e. The monoisotopic (exact) mass is 255 g/mol. The maximum absolute atomic E-state index is 12.1. The summed E-state index contributed by atoms with van der Waals surface area (Å²) in [7, 11) is -0.504. The average Bonchev–Trinajstić information content (AvgIpc) is 2.86. The lowest BCUT2D eigenvalue weighted by Crippen LogP contribution is -2.26. The predicted molar refractivity (Wildman–Crippen MR) is 62.2 cm³/mol.